The van der Waals surface area contributed by atoms with Gasteiger partial charge in [0.25, 0.3) is 5.91 Å². The van der Waals surface area contributed by atoms with Gasteiger partial charge in [0.1, 0.15) is 17.2 Å². The van der Waals surface area contributed by atoms with Crippen LogP contribution in [0.2, 0.25) is 0 Å². The third-order valence-electron chi connectivity index (χ3n) is 7.22. The molecule has 3 rings (SSSR count). The van der Waals surface area contributed by atoms with Gasteiger partial charge in [0.15, 0.2) is 0 Å². The Hall–Kier alpha value is -4.17. The van der Waals surface area contributed by atoms with E-state index in [9.17, 15) is 19.6 Å². The van der Waals surface area contributed by atoms with Crippen molar-refractivity contribution in [3.8, 4) is 22.9 Å². The number of hydrogen-bond acceptors (Lipinski definition) is 8. The van der Waals surface area contributed by atoms with E-state index < -0.39 is 29.4 Å². The Labute approximate surface area is 265 Å². The highest BCUT2D eigenvalue weighted by molar-refractivity contribution is 5.99. The van der Waals surface area contributed by atoms with E-state index in [0.717, 1.165) is 6.07 Å². The Balaban J connectivity index is 2.07. The summed E-state index contributed by atoms with van der Waals surface area (Å²) in [6, 6.07) is 8.21. The molecule has 0 spiro atoms. The van der Waals surface area contributed by atoms with E-state index in [-0.39, 0.29) is 65.4 Å². The normalized spacial score (nSPS) is 14.9. The summed E-state index contributed by atoms with van der Waals surface area (Å²) in [4.78, 5) is 42.8. The van der Waals surface area contributed by atoms with Gasteiger partial charge in [-0.3, -0.25) is 4.79 Å². The molecular formula is C34H44FN3O7. The molecule has 1 aliphatic heterocycles. The maximum Gasteiger partial charge on any atom is 0.410 e. The van der Waals surface area contributed by atoms with Crippen molar-refractivity contribution in [1.29, 1.82) is 5.26 Å². The van der Waals surface area contributed by atoms with Crippen LogP contribution in [0.15, 0.2) is 30.3 Å². The fourth-order valence-corrected chi connectivity index (χ4v) is 5.27. The van der Waals surface area contributed by atoms with Gasteiger partial charge < -0.3 is 28.7 Å². The van der Waals surface area contributed by atoms with Crippen molar-refractivity contribution in [2.24, 2.45) is 0 Å². The number of likely N-dealkylation sites (tertiary alicyclic amines) is 1. The minimum Gasteiger partial charge on any atom is -0.493 e. The number of rotatable bonds is 11. The molecule has 2 aromatic carbocycles. The van der Waals surface area contributed by atoms with Crippen LogP contribution in [0.4, 0.5) is 9.18 Å². The number of amides is 2. The Morgan fingerprint density at radius 2 is 1.87 bits per heavy atom. The second-order valence-electron chi connectivity index (χ2n) is 12.1. The lowest BCUT2D eigenvalue weighted by Gasteiger charge is -2.41. The van der Waals surface area contributed by atoms with E-state index in [4.69, 9.17) is 18.9 Å². The molecule has 1 atom stereocenters. The molecule has 244 valence electrons. The lowest BCUT2D eigenvalue weighted by atomic mass is 9.94. The third-order valence-corrected chi connectivity index (χ3v) is 7.22. The number of carbonyl (C=O) groups is 3. The highest BCUT2D eigenvalue weighted by atomic mass is 19.1. The Morgan fingerprint density at radius 1 is 1.13 bits per heavy atom. The summed E-state index contributed by atoms with van der Waals surface area (Å²) in [6.07, 6.45) is 1.42. The van der Waals surface area contributed by atoms with Gasteiger partial charge in [-0.25, -0.2) is 14.0 Å². The van der Waals surface area contributed by atoms with Crippen molar-refractivity contribution < 1.29 is 37.7 Å². The molecule has 2 amide bonds. The summed E-state index contributed by atoms with van der Waals surface area (Å²) < 4.78 is 37.1. The molecule has 0 N–H and O–H groups in total. The maximum atomic E-state index is 15.3. The average Bonchev–Trinajstić information content (AvgIpc) is 2.98. The zero-order valence-electron chi connectivity index (χ0n) is 27.3. The van der Waals surface area contributed by atoms with Crippen LogP contribution in [0.1, 0.15) is 87.1 Å². The van der Waals surface area contributed by atoms with Gasteiger partial charge in [-0.1, -0.05) is 0 Å². The van der Waals surface area contributed by atoms with Gasteiger partial charge in [-0.2, -0.15) is 5.26 Å². The lowest BCUT2D eigenvalue weighted by Crippen LogP contribution is -2.54. The molecule has 0 radical (unpaired) electrons. The van der Waals surface area contributed by atoms with Gasteiger partial charge in [0.05, 0.1) is 42.0 Å². The van der Waals surface area contributed by atoms with Crippen molar-refractivity contribution in [2.45, 2.75) is 78.5 Å². The summed E-state index contributed by atoms with van der Waals surface area (Å²) in [5.74, 6) is -1.49. The number of halogens is 1. The third kappa shape index (κ3) is 9.17. The number of nitriles is 1. The van der Waals surface area contributed by atoms with E-state index in [0.29, 0.717) is 32.4 Å². The fraction of sp³-hybridized carbons (Fsp3) is 0.529. The van der Waals surface area contributed by atoms with Crippen LogP contribution in [-0.4, -0.2) is 85.5 Å². The Bertz CT molecular complexity index is 1410. The average molecular weight is 626 g/mol. The number of nitrogens with zero attached hydrogens (tertiary/aromatic N) is 3. The SMILES string of the molecule is CCOC(=O)c1ccc(F)c(-c2cc(C#N)c(C(=O)N(C(C)C)[C@@H]3CCCN(C(=O)OC(C)(C)C)C3)cc2OCCCOC)c1. The quantitative estimate of drug-likeness (QED) is 0.214. The minimum atomic E-state index is -0.657. The number of esters is 1. The van der Waals surface area contributed by atoms with Crippen molar-refractivity contribution in [3.63, 3.8) is 0 Å². The van der Waals surface area contributed by atoms with E-state index in [1.807, 2.05) is 13.8 Å². The smallest absolute Gasteiger partial charge is 0.410 e. The van der Waals surface area contributed by atoms with E-state index >= 15 is 4.39 Å². The van der Waals surface area contributed by atoms with Crippen molar-refractivity contribution >= 4 is 18.0 Å². The first-order chi connectivity index (χ1) is 21.3. The topological polar surface area (TPSA) is 118 Å². The first-order valence-electron chi connectivity index (χ1n) is 15.3. The van der Waals surface area contributed by atoms with Crippen LogP contribution in [-0.2, 0) is 14.2 Å². The second-order valence-corrected chi connectivity index (χ2v) is 12.1. The molecule has 0 aromatic heterocycles. The summed E-state index contributed by atoms with van der Waals surface area (Å²) in [5.41, 5.74) is -0.169. The van der Waals surface area contributed by atoms with Crippen molar-refractivity contribution in [2.75, 3.05) is 40.0 Å². The first-order valence-corrected chi connectivity index (χ1v) is 15.3. The van der Waals surface area contributed by atoms with Crippen LogP contribution in [0.5, 0.6) is 5.75 Å². The largest absolute Gasteiger partial charge is 0.493 e. The van der Waals surface area contributed by atoms with E-state index in [1.54, 1.807) is 44.6 Å². The molecule has 11 heteroatoms. The van der Waals surface area contributed by atoms with Crippen LogP contribution >= 0.6 is 0 Å². The fourth-order valence-electron chi connectivity index (χ4n) is 5.27. The zero-order chi connectivity index (χ0) is 33.3. The summed E-state index contributed by atoms with van der Waals surface area (Å²) in [6.45, 7) is 12.4. The molecule has 0 bridgehead atoms. The van der Waals surface area contributed by atoms with Crippen molar-refractivity contribution in [1.82, 2.24) is 9.80 Å². The summed E-state index contributed by atoms with van der Waals surface area (Å²) >= 11 is 0. The van der Waals surface area contributed by atoms with Crippen molar-refractivity contribution in [3.05, 3.63) is 52.8 Å². The van der Waals surface area contributed by atoms with Crippen LogP contribution in [0.25, 0.3) is 11.1 Å². The second kappa shape index (κ2) is 15.7. The monoisotopic (exact) mass is 625 g/mol. The van der Waals surface area contributed by atoms with Crippen LogP contribution in [0, 0.1) is 17.1 Å². The molecule has 2 aromatic rings. The zero-order valence-corrected chi connectivity index (χ0v) is 27.3. The molecule has 45 heavy (non-hydrogen) atoms. The lowest BCUT2D eigenvalue weighted by molar-refractivity contribution is 0.00750. The van der Waals surface area contributed by atoms with Crippen LogP contribution in [0.3, 0.4) is 0 Å². The number of hydrogen-bond donors (Lipinski definition) is 0. The molecule has 1 heterocycles. The molecule has 1 aliphatic rings. The number of piperidine rings is 1. The standard InChI is InChI=1S/C34H44FN3O7/c1-8-43-32(40)23-12-13-29(35)27(17-23)28-18-24(20-36)26(19-30(28)44-16-10-15-42-7)31(39)38(22(2)3)25-11-9-14-37(21-25)33(41)45-34(4,5)6/h12-13,17-19,22,25H,8-11,14-16,21H2,1-7H3/t25-/m1/s1. The first kappa shape index (κ1) is 35.3. The summed E-state index contributed by atoms with van der Waals surface area (Å²) in [7, 11) is 1.57. The predicted molar refractivity (Wildman–Crippen MR) is 167 cm³/mol. The van der Waals surface area contributed by atoms with Gasteiger partial charge in [-0.05, 0) is 84.7 Å². The molecular weight excluding hydrogens is 581 g/mol. The number of benzene rings is 2. The van der Waals surface area contributed by atoms with E-state index in [1.165, 1.54) is 24.3 Å². The van der Waals surface area contributed by atoms with Gasteiger partial charge in [-0.15, -0.1) is 0 Å². The Kier molecular flexibility index (Phi) is 12.3. The number of methoxy groups -OCH3 is 1. The molecule has 1 saturated heterocycles. The molecule has 0 saturated carbocycles. The highest BCUT2D eigenvalue weighted by Gasteiger charge is 2.35. The maximum absolute atomic E-state index is 15.3. The van der Waals surface area contributed by atoms with Crippen LogP contribution < -0.4 is 4.74 Å². The van der Waals surface area contributed by atoms with Gasteiger partial charge >= 0.3 is 12.1 Å². The van der Waals surface area contributed by atoms with Gasteiger partial charge in [0.2, 0.25) is 0 Å². The Morgan fingerprint density at radius 3 is 2.49 bits per heavy atom. The highest BCUT2D eigenvalue weighted by Crippen LogP contribution is 2.36. The molecule has 0 aliphatic carbocycles. The predicted octanol–water partition coefficient (Wildman–Crippen LogP) is 6.21. The molecule has 0 unspecified atom stereocenters. The van der Waals surface area contributed by atoms with E-state index in [2.05, 4.69) is 6.07 Å². The summed E-state index contributed by atoms with van der Waals surface area (Å²) in [5, 5.41) is 10.2. The number of ether oxygens (including phenoxy) is 4. The molecule has 10 nitrogen and oxygen atoms in total. The number of carbonyl (C=O) groups excluding carboxylic acids is 3. The van der Waals surface area contributed by atoms with Gasteiger partial charge in [0, 0.05) is 50.4 Å². The minimum absolute atomic E-state index is 0.0191. The molecule has 1 fully saturated rings.